The molecule has 0 atom stereocenters. The predicted molar refractivity (Wildman–Crippen MR) is 28.6 cm³/mol. The summed E-state index contributed by atoms with van der Waals surface area (Å²) in [6.07, 6.45) is 4.50. The van der Waals surface area contributed by atoms with Crippen LogP contribution in [0.5, 0.6) is 0 Å². The molecule has 0 aromatic carbocycles. The first kappa shape index (κ1) is 5.77. The van der Waals surface area contributed by atoms with Crippen molar-refractivity contribution in [3.05, 3.63) is 0 Å². The van der Waals surface area contributed by atoms with Gasteiger partial charge in [0.1, 0.15) is 0 Å². The first-order valence-electron chi connectivity index (χ1n) is 1.64. The summed E-state index contributed by atoms with van der Waals surface area (Å²) in [7, 11) is 4.45. The van der Waals surface area contributed by atoms with Crippen molar-refractivity contribution in [2.75, 3.05) is 0 Å². The second-order valence-electron chi connectivity index (χ2n) is 1.06. The van der Waals surface area contributed by atoms with Crippen molar-refractivity contribution < 1.29 is 0 Å². The molecule has 1 saturated carbocycles. The molecule has 0 N–H and O–H groups in total. The zero-order valence-electron chi connectivity index (χ0n) is 2.88. The lowest BCUT2D eigenvalue weighted by molar-refractivity contribution is 1.50. The van der Waals surface area contributed by atoms with Crippen molar-refractivity contribution in [2.24, 2.45) is 0 Å². The molecule has 0 bridgehead atoms. The van der Waals surface area contributed by atoms with E-state index in [9.17, 15) is 0 Å². The van der Waals surface area contributed by atoms with E-state index in [0.717, 1.165) is 0 Å². The van der Waals surface area contributed by atoms with Crippen molar-refractivity contribution in [1.29, 1.82) is 0 Å². The lowest BCUT2D eigenvalue weighted by atomic mass is 11.0. The lowest BCUT2D eigenvalue weighted by Gasteiger charge is -1.05. The van der Waals surface area contributed by atoms with E-state index >= 15 is 0 Å². The molecule has 0 radical (unpaired) electrons. The summed E-state index contributed by atoms with van der Waals surface area (Å²) in [6, 6.07) is 0. The smallest absolute Gasteiger partial charge is 0.0341 e. The van der Waals surface area contributed by atoms with Crippen LogP contribution >= 0.6 is 25.1 Å². The van der Waals surface area contributed by atoms with E-state index in [1.54, 1.807) is 0 Å². The van der Waals surface area contributed by atoms with Crippen LogP contribution in [-0.4, -0.2) is 0 Å². The van der Waals surface area contributed by atoms with Gasteiger partial charge in [0.05, 0.1) is 0 Å². The largest absolute Gasteiger partial charge is 0.0533 e. The molecule has 32 valence electrons. The third kappa shape index (κ3) is 11.7. The van der Waals surface area contributed by atoms with Gasteiger partial charge in [0.15, 0.2) is 0 Å². The number of hydrogen-bond acceptors (Lipinski definition) is 0. The molecule has 1 rings (SSSR count). The molecular weight excluding hydrogens is 151 g/mol. The predicted octanol–water partition coefficient (Wildman–Crippen LogP) is 2.71. The van der Waals surface area contributed by atoms with Crippen molar-refractivity contribution in [3.8, 4) is 0 Å². The topological polar surface area (TPSA) is 0 Å². The Morgan fingerprint density at radius 3 is 1.20 bits per heavy atom. The molecule has 1 fully saturated rings. The number of halogens is 2. The highest BCUT2D eigenvalue weighted by molar-refractivity contribution is 9.22. The Morgan fingerprint density at radius 1 is 1.00 bits per heavy atom. The van der Waals surface area contributed by atoms with Gasteiger partial charge in [-0.05, 0) is 10.1 Å². The van der Waals surface area contributed by atoms with Crippen molar-refractivity contribution in [2.45, 2.75) is 19.3 Å². The summed E-state index contributed by atoms with van der Waals surface area (Å²) in [5, 5.41) is 0. The lowest BCUT2D eigenvalue weighted by Crippen LogP contribution is -0.856. The monoisotopic (exact) mass is 156 g/mol. The standard InChI is InChI=1S/C3H6.BrCl/c1-2-3-1;1-2/h1-3H2;. The fourth-order valence-electron chi connectivity index (χ4n) is 0. The third-order valence-corrected chi connectivity index (χ3v) is 0.354. The molecule has 2 heteroatoms. The Labute approximate surface area is 44.9 Å². The summed E-state index contributed by atoms with van der Waals surface area (Å²) in [5.74, 6) is 0. The minimum absolute atomic E-state index is 1.50. The quantitative estimate of drug-likeness (QED) is 0.507. The highest BCUT2D eigenvalue weighted by Crippen LogP contribution is 2.14. The molecule has 0 nitrogen and oxygen atoms in total. The Balaban J connectivity index is 0.0000000733. The van der Waals surface area contributed by atoms with Crippen LogP contribution in [0.15, 0.2) is 0 Å². The molecule has 0 aromatic heterocycles. The minimum Gasteiger partial charge on any atom is -0.0533 e. The van der Waals surface area contributed by atoms with E-state index in [1.807, 2.05) is 0 Å². The van der Waals surface area contributed by atoms with Crippen molar-refractivity contribution >= 4 is 25.1 Å². The Bertz CT molecular complexity index is 11.6. The maximum Gasteiger partial charge on any atom is 0.0341 e. The van der Waals surface area contributed by atoms with Gasteiger partial charge in [-0.1, -0.05) is 19.3 Å². The zero-order chi connectivity index (χ0) is 4.12. The Hall–Kier alpha value is 0.770. The number of rotatable bonds is 0. The van der Waals surface area contributed by atoms with E-state index in [-0.39, 0.29) is 0 Å². The fourth-order valence-corrected chi connectivity index (χ4v) is 0. The Kier molecular flexibility index (Phi) is 5.50. The van der Waals surface area contributed by atoms with Crippen molar-refractivity contribution in [1.82, 2.24) is 0 Å². The van der Waals surface area contributed by atoms with E-state index in [1.165, 1.54) is 19.3 Å². The van der Waals surface area contributed by atoms with Crippen LogP contribution in [0.2, 0.25) is 0 Å². The van der Waals surface area contributed by atoms with Gasteiger partial charge >= 0.3 is 0 Å². The molecule has 0 spiro atoms. The summed E-state index contributed by atoms with van der Waals surface area (Å²) < 4.78 is 0. The third-order valence-electron chi connectivity index (χ3n) is 0.354. The highest BCUT2D eigenvalue weighted by Gasteiger charge is 1.95. The summed E-state index contributed by atoms with van der Waals surface area (Å²) in [4.78, 5) is 0. The van der Waals surface area contributed by atoms with E-state index in [2.05, 4.69) is 25.1 Å². The summed E-state index contributed by atoms with van der Waals surface area (Å²) in [5.41, 5.74) is 0. The van der Waals surface area contributed by atoms with E-state index in [4.69, 9.17) is 0 Å². The van der Waals surface area contributed by atoms with Crippen LogP contribution in [0.3, 0.4) is 0 Å². The molecule has 0 aliphatic heterocycles. The van der Waals surface area contributed by atoms with E-state index < -0.39 is 0 Å². The van der Waals surface area contributed by atoms with Crippen LogP contribution in [0.1, 0.15) is 19.3 Å². The van der Waals surface area contributed by atoms with E-state index in [0.29, 0.717) is 0 Å². The second kappa shape index (κ2) is 4.77. The van der Waals surface area contributed by atoms with Gasteiger partial charge in [-0.25, -0.2) is 0 Å². The van der Waals surface area contributed by atoms with Gasteiger partial charge in [0.2, 0.25) is 0 Å². The first-order valence-corrected chi connectivity index (χ1v) is 3.73. The molecule has 1 aliphatic carbocycles. The van der Waals surface area contributed by atoms with Gasteiger partial charge < -0.3 is 0 Å². The van der Waals surface area contributed by atoms with Crippen LogP contribution in [0.4, 0.5) is 0 Å². The van der Waals surface area contributed by atoms with Gasteiger partial charge in [-0.15, -0.1) is 0 Å². The average molecular weight is 157 g/mol. The average Bonchev–Trinajstić information content (AvgIpc) is 2.19. The van der Waals surface area contributed by atoms with Crippen LogP contribution in [0.25, 0.3) is 0 Å². The molecular formula is C3H6BrCl. The second-order valence-corrected chi connectivity index (χ2v) is 1.06. The molecule has 0 unspecified atom stereocenters. The van der Waals surface area contributed by atoms with Gasteiger partial charge in [0, 0.05) is 15.0 Å². The Morgan fingerprint density at radius 2 is 1.20 bits per heavy atom. The van der Waals surface area contributed by atoms with Crippen LogP contribution < -0.4 is 0 Å². The molecule has 5 heavy (non-hydrogen) atoms. The summed E-state index contributed by atoms with van der Waals surface area (Å²) >= 11 is 2.41. The van der Waals surface area contributed by atoms with Gasteiger partial charge in [-0.3, -0.25) is 0 Å². The normalized spacial score (nSPS) is 15.6. The molecule has 0 heterocycles. The maximum absolute atomic E-state index is 4.45. The molecule has 1 aliphatic rings. The fraction of sp³-hybridized carbons (Fsp3) is 1.00. The summed E-state index contributed by atoms with van der Waals surface area (Å²) in [6.45, 7) is 0. The van der Waals surface area contributed by atoms with Crippen LogP contribution in [-0.2, 0) is 0 Å². The molecule has 0 saturated heterocycles. The van der Waals surface area contributed by atoms with Gasteiger partial charge in [-0.2, -0.15) is 0 Å². The molecule has 0 aromatic rings. The SMILES string of the molecule is C1CC1.ClBr. The number of hydrogen-bond donors (Lipinski definition) is 0. The first-order chi connectivity index (χ1) is 2.50. The highest BCUT2D eigenvalue weighted by atomic mass is 79.9. The van der Waals surface area contributed by atoms with Gasteiger partial charge in [0.25, 0.3) is 0 Å². The van der Waals surface area contributed by atoms with Crippen LogP contribution in [0, 0.1) is 0 Å². The van der Waals surface area contributed by atoms with Crippen molar-refractivity contribution in [3.63, 3.8) is 0 Å². The maximum atomic E-state index is 4.45. The zero-order valence-corrected chi connectivity index (χ0v) is 5.22. The minimum atomic E-state index is 1.50. The molecule has 0 amide bonds.